The van der Waals surface area contributed by atoms with Gasteiger partial charge in [0.1, 0.15) is 0 Å². The molecule has 5 nitrogen and oxygen atoms in total. The Bertz CT molecular complexity index is 342. The van der Waals surface area contributed by atoms with Crippen LogP contribution in [0.4, 0.5) is 4.79 Å². The zero-order chi connectivity index (χ0) is 12.7. The van der Waals surface area contributed by atoms with Crippen LogP contribution in [0.15, 0.2) is 30.3 Å². The van der Waals surface area contributed by atoms with Gasteiger partial charge in [-0.3, -0.25) is 0 Å². The van der Waals surface area contributed by atoms with Crippen LogP contribution in [0.3, 0.4) is 0 Å². The zero-order valence-corrected chi connectivity index (χ0v) is 9.74. The molecular weight excluding hydrogens is 222 g/mol. The summed E-state index contributed by atoms with van der Waals surface area (Å²) in [5, 5.41) is 18.5. The summed E-state index contributed by atoms with van der Waals surface area (Å²) in [6, 6.07) is 9.26. The predicted octanol–water partition coefficient (Wildman–Crippen LogP) is 1.17. The summed E-state index contributed by atoms with van der Waals surface area (Å²) in [6.07, 6.45) is -1.86. The minimum Gasteiger partial charge on any atom is -0.465 e. The first-order valence-electron chi connectivity index (χ1n) is 5.32. The van der Waals surface area contributed by atoms with E-state index in [1.165, 1.54) is 12.0 Å². The highest BCUT2D eigenvalue weighted by molar-refractivity contribution is 5.65. The maximum atomic E-state index is 11.0. The van der Waals surface area contributed by atoms with Crippen molar-refractivity contribution in [2.75, 3.05) is 20.3 Å². The van der Waals surface area contributed by atoms with Gasteiger partial charge in [-0.05, 0) is 5.56 Å². The number of aliphatic hydroxyl groups excluding tert-OH is 1. The lowest BCUT2D eigenvalue weighted by molar-refractivity contribution is 0.0366. The third kappa shape index (κ3) is 4.84. The molecule has 17 heavy (non-hydrogen) atoms. The number of aliphatic hydroxyl groups is 1. The maximum absolute atomic E-state index is 11.0. The van der Waals surface area contributed by atoms with Gasteiger partial charge in [0, 0.05) is 13.7 Å². The quantitative estimate of drug-likeness (QED) is 0.782. The predicted molar refractivity (Wildman–Crippen MR) is 62.8 cm³/mol. The summed E-state index contributed by atoms with van der Waals surface area (Å²) in [5.74, 6) is 0. The topological polar surface area (TPSA) is 70.0 Å². The summed E-state index contributed by atoms with van der Waals surface area (Å²) in [7, 11) is 1.46. The highest BCUT2D eigenvalue weighted by Gasteiger charge is 2.16. The molecular formula is C12H17NO4. The molecule has 0 fully saturated rings. The van der Waals surface area contributed by atoms with Crippen molar-refractivity contribution in [1.29, 1.82) is 0 Å². The van der Waals surface area contributed by atoms with Crippen molar-refractivity contribution < 1.29 is 19.7 Å². The molecule has 2 N–H and O–H groups in total. The monoisotopic (exact) mass is 239 g/mol. The number of carboxylic acid groups (broad SMARTS) is 1. The molecule has 94 valence electrons. The van der Waals surface area contributed by atoms with Gasteiger partial charge in [-0.2, -0.15) is 0 Å². The van der Waals surface area contributed by atoms with Gasteiger partial charge in [0.15, 0.2) is 0 Å². The fraction of sp³-hybridized carbons (Fsp3) is 0.417. The van der Waals surface area contributed by atoms with Gasteiger partial charge in [-0.15, -0.1) is 0 Å². The molecule has 0 aliphatic rings. The van der Waals surface area contributed by atoms with Crippen molar-refractivity contribution >= 4 is 6.09 Å². The van der Waals surface area contributed by atoms with Crippen molar-refractivity contribution in [2.45, 2.75) is 12.6 Å². The lowest BCUT2D eigenvalue weighted by atomic mass is 10.2. The number of hydrogen-bond donors (Lipinski definition) is 2. The summed E-state index contributed by atoms with van der Waals surface area (Å²) in [5.41, 5.74) is 0.888. The van der Waals surface area contributed by atoms with Gasteiger partial charge < -0.3 is 19.8 Å². The highest BCUT2D eigenvalue weighted by Crippen LogP contribution is 2.05. The number of amides is 1. The Morgan fingerprint density at radius 2 is 2.06 bits per heavy atom. The molecule has 0 saturated heterocycles. The molecule has 0 aliphatic carbocycles. The van der Waals surface area contributed by atoms with E-state index < -0.39 is 12.2 Å². The minimum atomic E-state index is -1.05. The third-order valence-corrected chi connectivity index (χ3v) is 2.28. The summed E-state index contributed by atoms with van der Waals surface area (Å²) >= 11 is 0. The van der Waals surface area contributed by atoms with Crippen molar-refractivity contribution in [3.8, 4) is 0 Å². The molecule has 0 heterocycles. The molecule has 1 amide bonds. The molecule has 1 rings (SSSR count). The van der Waals surface area contributed by atoms with Crippen LogP contribution in [0.1, 0.15) is 5.56 Å². The normalized spacial score (nSPS) is 12.1. The van der Waals surface area contributed by atoms with Gasteiger partial charge in [-0.25, -0.2) is 4.79 Å². The van der Waals surface area contributed by atoms with E-state index in [-0.39, 0.29) is 19.7 Å². The maximum Gasteiger partial charge on any atom is 0.407 e. The largest absolute Gasteiger partial charge is 0.465 e. The molecule has 0 saturated carbocycles. The lowest BCUT2D eigenvalue weighted by Gasteiger charge is -2.22. The van der Waals surface area contributed by atoms with Gasteiger partial charge in [0.2, 0.25) is 0 Å². The van der Waals surface area contributed by atoms with E-state index in [4.69, 9.17) is 9.84 Å². The standard InChI is InChI=1S/C12H17NO4/c1-17-9-11(14)8-13(12(15)16)7-10-5-3-2-4-6-10/h2-6,11,14H,7-9H2,1H3,(H,15,16). The molecule has 1 unspecified atom stereocenters. The van der Waals surface area contributed by atoms with E-state index in [0.29, 0.717) is 0 Å². The van der Waals surface area contributed by atoms with Gasteiger partial charge in [-0.1, -0.05) is 30.3 Å². The van der Waals surface area contributed by atoms with Crippen LogP contribution in [0.2, 0.25) is 0 Å². The molecule has 5 heteroatoms. The molecule has 1 atom stereocenters. The van der Waals surface area contributed by atoms with Gasteiger partial charge in [0.25, 0.3) is 0 Å². The summed E-state index contributed by atoms with van der Waals surface area (Å²) in [6.45, 7) is 0.424. The molecule has 0 aromatic heterocycles. The number of ether oxygens (including phenoxy) is 1. The Kier molecular flexibility index (Phi) is 5.45. The SMILES string of the molecule is COCC(O)CN(Cc1ccccc1)C(=O)O. The van der Waals surface area contributed by atoms with Crippen molar-refractivity contribution in [2.24, 2.45) is 0 Å². The van der Waals surface area contributed by atoms with Crippen LogP contribution in [0, 0.1) is 0 Å². The average molecular weight is 239 g/mol. The Morgan fingerprint density at radius 1 is 1.41 bits per heavy atom. The van der Waals surface area contributed by atoms with E-state index in [2.05, 4.69) is 0 Å². The second kappa shape index (κ2) is 6.88. The lowest BCUT2D eigenvalue weighted by Crippen LogP contribution is -2.37. The van der Waals surface area contributed by atoms with E-state index >= 15 is 0 Å². The molecule has 0 aliphatic heterocycles. The van der Waals surface area contributed by atoms with Crippen molar-refractivity contribution in [1.82, 2.24) is 4.90 Å². The summed E-state index contributed by atoms with van der Waals surface area (Å²) in [4.78, 5) is 12.2. The average Bonchev–Trinajstić information content (AvgIpc) is 2.29. The smallest absolute Gasteiger partial charge is 0.407 e. The zero-order valence-electron chi connectivity index (χ0n) is 9.74. The first-order valence-corrected chi connectivity index (χ1v) is 5.32. The molecule has 1 aromatic rings. The molecule has 0 bridgehead atoms. The van der Waals surface area contributed by atoms with Crippen LogP contribution < -0.4 is 0 Å². The molecule has 1 aromatic carbocycles. The van der Waals surface area contributed by atoms with Crippen LogP contribution in [-0.2, 0) is 11.3 Å². The Balaban J connectivity index is 2.58. The number of methoxy groups -OCH3 is 1. The Hall–Kier alpha value is -1.59. The fourth-order valence-corrected chi connectivity index (χ4v) is 1.51. The van der Waals surface area contributed by atoms with E-state index in [9.17, 15) is 9.90 Å². The van der Waals surface area contributed by atoms with Crippen LogP contribution in [0.5, 0.6) is 0 Å². The number of nitrogens with zero attached hydrogens (tertiary/aromatic N) is 1. The Morgan fingerprint density at radius 3 is 2.59 bits per heavy atom. The fourth-order valence-electron chi connectivity index (χ4n) is 1.51. The van der Waals surface area contributed by atoms with Gasteiger partial charge in [0.05, 0.1) is 19.3 Å². The van der Waals surface area contributed by atoms with E-state index in [0.717, 1.165) is 5.56 Å². The summed E-state index contributed by atoms with van der Waals surface area (Å²) < 4.78 is 4.76. The molecule has 0 radical (unpaired) electrons. The molecule has 0 spiro atoms. The highest BCUT2D eigenvalue weighted by atomic mass is 16.5. The van der Waals surface area contributed by atoms with Crippen LogP contribution in [-0.4, -0.2) is 47.6 Å². The number of benzene rings is 1. The first kappa shape index (κ1) is 13.5. The van der Waals surface area contributed by atoms with Crippen molar-refractivity contribution in [3.05, 3.63) is 35.9 Å². The Labute approximate surface area is 100 Å². The first-order chi connectivity index (χ1) is 8.13. The van der Waals surface area contributed by atoms with E-state index in [1.807, 2.05) is 30.3 Å². The van der Waals surface area contributed by atoms with Crippen LogP contribution >= 0.6 is 0 Å². The second-order valence-electron chi connectivity index (χ2n) is 3.76. The van der Waals surface area contributed by atoms with Crippen molar-refractivity contribution in [3.63, 3.8) is 0 Å². The number of rotatable bonds is 6. The number of carbonyl (C=O) groups is 1. The van der Waals surface area contributed by atoms with Crippen LogP contribution in [0.25, 0.3) is 0 Å². The van der Waals surface area contributed by atoms with E-state index in [1.54, 1.807) is 0 Å². The van der Waals surface area contributed by atoms with Gasteiger partial charge >= 0.3 is 6.09 Å². The minimum absolute atomic E-state index is 0.0397. The second-order valence-corrected chi connectivity index (χ2v) is 3.76. The third-order valence-electron chi connectivity index (χ3n) is 2.28. The number of hydrogen-bond acceptors (Lipinski definition) is 3.